The summed E-state index contributed by atoms with van der Waals surface area (Å²) in [7, 11) is 2.17. The summed E-state index contributed by atoms with van der Waals surface area (Å²) in [6, 6.07) is 12.9. The van der Waals surface area contributed by atoms with E-state index < -0.39 is 5.60 Å². The third-order valence-electron chi connectivity index (χ3n) is 6.53. The van der Waals surface area contributed by atoms with Crippen molar-refractivity contribution in [3.63, 3.8) is 0 Å². The highest BCUT2D eigenvalue weighted by Crippen LogP contribution is 2.44. The van der Waals surface area contributed by atoms with E-state index in [1.165, 1.54) is 17.7 Å². The first-order valence-electron chi connectivity index (χ1n) is 11.1. The van der Waals surface area contributed by atoms with Crippen molar-refractivity contribution < 1.29 is 13.9 Å². The van der Waals surface area contributed by atoms with E-state index in [0.717, 1.165) is 43.9 Å². The van der Waals surface area contributed by atoms with E-state index in [1.807, 2.05) is 19.9 Å². The molecule has 1 N–H and O–H groups in total. The number of likely N-dealkylation sites (N-methyl/N-ethyl adjacent to an activating group) is 1. The number of carbonyl (C=O) groups is 1. The predicted molar refractivity (Wildman–Crippen MR) is 124 cm³/mol. The summed E-state index contributed by atoms with van der Waals surface area (Å²) in [6.07, 6.45) is 1.95. The smallest absolute Gasteiger partial charge is 0.260 e. The summed E-state index contributed by atoms with van der Waals surface area (Å²) in [6.45, 7) is 9.36. The van der Waals surface area contributed by atoms with Crippen LogP contribution < -0.4 is 5.32 Å². The van der Waals surface area contributed by atoms with Crippen LogP contribution in [0.4, 0.5) is 10.1 Å². The first-order chi connectivity index (χ1) is 15.3. The molecule has 0 radical (unpaired) electrons. The van der Waals surface area contributed by atoms with Crippen molar-refractivity contribution in [3.8, 4) is 0 Å². The number of hydrogen-bond acceptors (Lipinski definition) is 4. The second-order valence-electron chi connectivity index (χ2n) is 9.33. The number of halogens is 1. The number of fused-ring (bicyclic) bond motifs is 1. The second kappa shape index (κ2) is 7.87. The van der Waals surface area contributed by atoms with E-state index >= 15 is 0 Å². The molecular weight excluding hydrogens is 405 g/mol. The van der Waals surface area contributed by atoms with Crippen LogP contribution in [0, 0.1) is 5.82 Å². The van der Waals surface area contributed by atoms with E-state index in [0.29, 0.717) is 22.6 Å². The fourth-order valence-electron chi connectivity index (χ4n) is 4.66. The minimum Gasteiger partial charge on any atom is -0.482 e. The third kappa shape index (κ3) is 3.85. The molecule has 5 nitrogen and oxygen atoms in total. The van der Waals surface area contributed by atoms with Crippen molar-refractivity contribution in [1.29, 1.82) is 0 Å². The zero-order valence-electron chi connectivity index (χ0n) is 18.7. The van der Waals surface area contributed by atoms with E-state index in [4.69, 9.17) is 4.74 Å². The number of rotatable bonds is 3. The minimum atomic E-state index is -0.579. The van der Waals surface area contributed by atoms with Gasteiger partial charge < -0.3 is 15.0 Å². The average Bonchev–Trinajstić information content (AvgIpc) is 3.24. The maximum absolute atomic E-state index is 13.6. The van der Waals surface area contributed by atoms with Crippen LogP contribution in [-0.4, -0.2) is 54.5 Å². The van der Waals surface area contributed by atoms with Gasteiger partial charge in [0.2, 0.25) is 0 Å². The molecule has 1 amide bonds. The average molecular weight is 434 g/mol. The molecule has 2 aromatic rings. The Balaban J connectivity index is 1.42. The van der Waals surface area contributed by atoms with Gasteiger partial charge in [0.25, 0.3) is 5.91 Å². The topological polar surface area (TPSA) is 44.8 Å². The van der Waals surface area contributed by atoms with Gasteiger partial charge in [0, 0.05) is 43.9 Å². The van der Waals surface area contributed by atoms with Gasteiger partial charge >= 0.3 is 0 Å². The van der Waals surface area contributed by atoms with E-state index in [2.05, 4.69) is 46.4 Å². The fraction of sp³-hybridized carbons (Fsp3) is 0.346. The molecule has 1 saturated heterocycles. The van der Waals surface area contributed by atoms with Crippen LogP contribution in [0.3, 0.4) is 0 Å². The SMILES string of the molecule is CN1CCN(Cc2ccc(C3=CC(=C4C(=O)Nc5cc(F)ccc54)OC3(C)C)cc2)CC1. The number of nitrogens with one attached hydrogen (secondary N) is 1. The Kier molecular flexibility index (Phi) is 5.14. The number of ether oxygens (including phenoxy) is 1. The number of benzene rings is 2. The summed E-state index contributed by atoms with van der Waals surface area (Å²) in [5.41, 5.74) is 4.41. The Bertz CT molecular complexity index is 1130. The number of amides is 1. The van der Waals surface area contributed by atoms with Crippen LogP contribution in [-0.2, 0) is 16.1 Å². The first kappa shape index (κ1) is 20.9. The van der Waals surface area contributed by atoms with Gasteiger partial charge in [-0.3, -0.25) is 9.69 Å². The quantitative estimate of drug-likeness (QED) is 0.740. The highest BCUT2D eigenvalue weighted by molar-refractivity contribution is 6.32. The van der Waals surface area contributed by atoms with E-state index in [-0.39, 0.29) is 11.7 Å². The van der Waals surface area contributed by atoms with Crippen LogP contribution >= 0.6 is 0 Å². The van der Waals surface area contributed by atoms with Crippen molar-refractivity contribution >= 4 is 22.7 Å². The van der Waals surface area contributed by atoms with Crippen LogP contribution in [0.2, 0.25) is 0 Å². The lowest BCUT2D eigenvalue weighted by molar-refractivity contribution is -0.111. The van der Waals surface area contributed by atoms with Crippen molar-refractivity contribution in [2.45, 2.75) is 26.0 Å². The molecule has 0 aromatic heterocycles. The van der Waals surface area contributed by atoms with Gasteiger partial charge in [0.15, 0.2) is 0 Å². The molecule has 0 aliphatic carbocycles. The summed E-state index contributed by atoms with van der Waals surface area (Å²) in [4.78, 5) is 17.5. The molecule has 32 heavy (non-hydrogen) atoms. The lowest BCUT2D eigenvalue weighted by atomic mass is 9.91. The van der Waals surface area contributed by atoms with Crippen molar-refractivity contribution in [2.75, 3.05) is 38.5 Å². The molecule has 3 aliphatic heterocycles. The van der Waals surface area contributed by atoms with Crippen LogP contribution in [0.5, 0.6) is 0 Å². The van der Waals surface area contributed by atoms with Gasteiger partial charge in [0.05, 0.1) is 11.3 Å². The fourth-order valence-corrected chi connectivity index (χ4v) is 4.66. The van der Waals surface area contributed by atoms with E-state index in [1.54, 1.807) is 6.07 Å². The van der Waals surface area contributed by atoms with Crippen molar-refractivity contribution in [2.24, 2.45) is 0 Å². The maximum atomic E-state index is 13.6. The Morgan fingerprint density at radius 2 is 1.78 bits per heavy atom. The van der Waals surface area contributed by atoms with Gasteiger partial charge in [-0.25, -0.2) is 4.39 Å². The number of carbonyl (C=O) groups excluding carboxylic acids is 1. The van der Waals surface area contributed by atoms with Crippen LogP contribution in [0.15, 0.2) is 54.3 Å². The molecular formula is C26H28FN3O2. The van der Waals surface area contributed by atoms with Gasteiger partial charge in [0.1, 0.15) is 17.2 Å². The number of nitrogens with zero attached hydrogens (tertiary/aromatic N) is 2. The lowest BCUT2D eigenvalue weighted by Crippen LogP contribution is -2.43. The van der Waals surface area contributed by atoms with E-state index in [9.17, 15) is 9.18 Å². The molecule has 0 atom stereocenters. The number of anilines is 1. The highest BCUT2D eigenvalue weighted by atomic mass is 19.1. The van der Waals surface area contributed by atoms with Crippen molar-refractivity contribution in [1.82, 2.24) is 9.80 Å². The van der Waals surface area contributed by atoms with Gasteiger partial charge in [-0.1, -0.05) is 24.3 Å². The molecule has 0 saturated carbocycles. The summed E-state index contributed by atoms with van der Waals surface area (Å²) < 4.78 is 19.8. The Labute approximate surface area is 188 Å². The first-order valence-corrected chi connectivity index (χ1v) is 11.1. The molecule has 2 aromatic carbocycles. The summed E-state index contributed by atoms with van der Waals surface area (Å²) in [5, 5.41) is 2.74. The number of hydrogen-bond donors (Lipinski definition) is 1. The molecule has 0 spiro atoms. The Morgan fingerprint density at radius 3 is 2.50 bits per heavy atom. The normalized spacial score (nSPS) is 23.0. The second-order valence-corrected chi connectivity index (χ2v) is 9.33. The molecule has 1 fully saturated rings. The molecule has 0 unspecified atom stereocenters. The van der Waals surface area contributed by atoms with Gasteiger partial charge in [-0.2, -0.15) is 0 Å². The largest absolute Gasteiger partial charge is 0.482 e. The molecule has 5 rings (SSSR count). The molecule has 166 valence electrons. The zero-order chi connectivity index (χ0) is 22.5. The summed E-state index contributed by atoms with van der Waals surface area (Å²) >= 11 is 0. The van der Waals surface area contributed by atoms with Crippen molar-refractivity contribution in [3.05, 3.63) is 76.8 Å². The Morgan fingerprint density at radius 1 is 1.06 bits per heavy atom. The lowest BCUT2D eigenvalue weighted by Gasteiger charge is -2.32. The molecule has 6 heteroatoms. The zero-order valence-corrected chi connectivity index (χ0v) is 18.7. The Hall–Kier alpha value is -2.96. The predicted octanol–water partition coefficient (Wildman–Crippen LogP) is 4.13. The maximum Gasteiger partial charge on any atom is 0.260 e. The minimum absolute atomic E-state index is 0.267. The summed E-state index contributed by atoms with van der Waals surface area (Å²) in [5.74, 6) is -0.123. The monoisotopic (exact) mass is 433 g/mol. The number of allylic oxidation sites excluding steroid dienone is 1. The molecule has 3 heterocycles. The number of piperazine rings is 1. The molecule has 0 bridgehead atoms. The third-order valence-corrected chi connectivity index (χ3v) is 6.53. The highest BCUT2D eigenvalue weighted by Gasteiger charge is 2.38. The van der Waals surface area contributed by atoms with Gasteiger partial charge in [-0.05, 0) is 56.3 Å². The van der Waals surface area contributed by atoms with Gasteiger partial charge in [-0.15, -0.1) is 0 Å². The molecule has 3 aliphatic rings. The standard InChI is InChI=1S/C26H28FN3O2/c1-26(2)21(18-6-4-17(5-7-18)16-30-12-10-29(3)11-13-30)15-23(32-26)24-20-9-8-19(27)14-22(20)28-25(24)31/h4-9,14-15H,10-13,16H2,1-3H3,(H,28,31). The van der Waals surface area contributed by atoms with Crippen LogP contribution in [0.25, 0.3) is 11.1 Å². The van der Waals surface area contributed by atoms with Crippen LogP contribution in [0.1, 0.15) is 30.5 Å².